The van der Waals surface area contributed by atoms with E-state index in [0.29, 0.717) is 0 Å². The van der Waals surface area contributed by atoms with Crippen molar-refractivity contribution in [2.45, 2.75) is 5.41 Å². The maximum absolute atomic E-state index is 2.45. The Morgan fingerprint density at radius 3 is 0.841 bits per heavy atom. The molecule has 0 saturated heterocycles. The molecule has 0 aliphatic heterocycles. The van der Waals surface area contributed by atoms with E-state index in [9.17, 15) is 0 Å². The van der Waals surface area contributed by atoms with Crippen molar-refractivity contribution in [3.8, 4) is 33.4 Å². The summed E-state index contributed by atoms with van der Waals surface area (Å²) >= 11 is 0. The van der Waals surface area contributed by atoms with Gasteiger partial charge in [-0.25, -0.2) is 0 Å². The summed E-state index contributed by atoms with van der Waals surface area (Å²) in [7, 11) is 0. The molecular weight excluding hydrogens is 761 g/mol. The topological polar surface area (TPSA) is 6.48 Å². The van der Waals surface area contributed by atoms with Crippen molar-refractivity contribution in [3.05, 3.63) is 289 Å². The van der Waals surface area contributed by atoms with Crippen molar-refractivity contribution >= 4 is 34.1 Å². The number of anilines is 6. The predicted molar refractivity (Wildman–Crippen MR) is 264 cm³/mol. The van der Waals surface area contributed by atoms with Crippen LogP contribution in [0, 0.1) is 0 Å². The van der Waals surface area contributed by atoms with Crippen LogP contribution in [0.3, 0.4) is 0 Å². The number of nitrogens with zero attached hydrogens (tertiary/aromatic N) is 2. The molecule has 0 aromatic heterocycles. The van der Waals surface area contributed by atoms with Crippen LogP contribution >= 0.6 is 0 Å². The largest absolute Gasteiger partial charge is 0.310 e. The van der Waals surface area contributed by atoms with Gasteiger partial charge in [-0.05, 0) is 141 Å². The van der Waals surface area contributed by atoms with Crippen LogP contribution in [-0.2, 0) is 5.41 Å². The fraction of sp³-hybridized carbons (Fsp3) is 0.0164. The molecule has 0 atom stereocenters. The highest BCUT2D eigenvalue weighted by Gasteiger charge is 2.47. The summed E-state index contributed by atoms with van der Waals surface area (Å²) in [4.78, 5) is 4.80. The minimum atomic E-state index is -0.732. The molecule has 0 spiro atoms. The van der Waals surface area contributed by atoms with Crippen LogP contribution in [0.1, 0.15) is 22.3 Å². The van der Waals surface area contributed by atoms with Crippen LogP contribution in [0.15, 0.2) is 267 Å². The summed E-state index contributed by atoms with van der Waals surface area (Å²) in [6.45, 7) is 0. The highest BCUT2D eigenvalue weighted by molar-refractivity contribution is 5.91. The molecule has 0 amide bonds. The van der Waals surface area contributed by atoms with Crippen molar-refractivity contribution in [3.63, 3.8) is 0 Å². The van der Waals surface area contributed by atoms with Gasteiger partial charge in [-0.15, -0.1) is 0 Å². The van der Waals surface area contributed by atoms with Gasteiger partial charge in [0.05, 0.1) is 5.41 Å². The number of hydrogen-bond donors (Lipinski definition) is 0. The maximum Gasteiger partial charge on any atom is 0.0715 e. The zero-order chi connectivity index (χ0) is 42.0. The summed E-state index contributed by atoms with van der Waals surface area (Å²) < 4.78 is 0. The summed E-state index contributed by atoms with van der Waals surface area (Å²) in [5, 5.41) is 0. The van der Waals surface area contributed by atoms with E-state index in [0.717, 1.165) is 56.4 Å². The van der Waals surface area contributed by atoms with Gasteiger partial charge in [-0.1, -0.05) is 182 Å². The molecule has 1 aliphatic carbocycles. The maximum atomic E-state index is 2.45. The summed E-state index contributed by atoms with van der Waals surface area (Å²) in [5.74, 6) is 0. The van der Waals surface area contributed by atoms with Crippen molar-refractivity contribution in [1.82, 2.24) is 0 Å². The second-order valence-corrected chi connectivity index (χ2v) is 16.1. The number of hydrogen-bond acceptors (Lipinski definition) is 2. The molecule has 0 heterocycles. The average molecular weight is 805 g/mol. The van der Waals surface area contributed by atoms with E-state index in [1.165, 1.54) is 33.4 Å². The quantitative estimate of drug-likeness (QED) is 0.136. The van der Waals surface area contributed by atoms with Crippen molar-refractivity contribution in [2.24, 2.45) is 0 Å². The smallest absolute Gasteiger partial charge is 0.0715 e. The average Bonchev–Trinajstić information content (AvgIpc) is 3.67. The van der Waals surface area contributed by atoms with Gasteiger partial charge < -0.3 is 9.80 Å². The van der Waals surface area contributed by atoms with Gasteiger partial charge in [0, 0.05) is 34.1 Å². The normalized spacial score (nSPS) is 12.3. The van der Waals surface area contributed by atoms with Gasteiger partial charge >= 0.3 is 0 Å². The lowest BCUT2D eigenvalue weighted by molar-refractivity contribution is 0.769. The Labute approximate surface area is 370 Å². The van der Waals surface area contributed by atoms with Crippen LogP contribution in [0.2, 0.25) is 0 Å². The minimum Gasteiger partial charge on any atom is -0.310 e. The van der Waals surface area contributed by atoms with Crippen molar-refractivity contribution in [2.75, 3.05) is 9.80 Å². The molecule has 10 aromatic carbocycles. The number of benzene rings is 10. The summed E-state index contributed by atoms with van der Waals surface area (Å²) in [6, 6.07) is 97.3. The predicted octanol–water partition coefficient (Wildman–Crippen LogP) is 16.3. The van der Waals surface area contributed by atoms with Crippen molar-refractivity contribution in [1.29, 1.82) is 0 Å². The van der Waals surface area contributed by atoms with Crippen LogP contribution < -0.4 is 9.80 Å². The highest BCUT2D eigenvalue weighted by Crippen LogP contribution is 2.58. The van der Waals surface area contributed by atoms with E-state index in [4.69, 9.17) is 0 Å². The molecule has 0 fully saturated rings. The fourth-order valence-corrected chi connectivity index (χ4v) is 9.73. The van der Waals surface area contributed by atoms with Crippen LogP contribution in [0.5, 0.6) is 0 Å². The number of fused-ring (bicyclic) bond motifs is 3. The molecule has 10 aromatic rings. The van der Waals surface area contributed by atoms with E-state index in [2.05, 4.69) is 277 Å². The van der Waals surface area contributed by atoms with Crippen LogP contribution in [0.4, 0.5) is 34.1 Å². The lowest BCUT2D eigenvalue weighted by atomic mass is 9.66. The molecule has 2 heteroatoms. The van der Waals surface area contributed by atoms with Gasteiger partial charge in [-0.3, -0.25) is 0 Å². The lowest BCUT2D eigenvalue weighted by Crippen LogP contribution is -2.29. The third kappa shape index (κ3) is 6.79. The molecule has 0 radical (unpaired) electrons. The monoisotopic (exact) mass is 804 g/mol. The Hall–Kier alpha value is -8.20. The molecule has 63 heavy (non-hydrogen) atoms. The van der Waals surface area contributed by atoms with Crippen LogP contribution in [-0.4, -0.2) is 0 Å². The Kier molecular flexibility index (Phi) is 9.80. The number of para-hydroxylation sites is 4. The molecule has 0 N–H and O–H groups in total. The highest BCUT2D eigenvalue weighted by atomic mass is 15.1. The second-order valence-electron chi connectivity index (χ2n) is 16.1. The van der Waals surface area contributed by atoms with E-state index in [1.807, 2.05) is 0 Å². The standard InChI is InChI=1S/C61H44N2/c1-7-23-45(24-8-1)47-39-49(43-55(41-47)62(51-27-11-3-12-28-51)52-29-13-4-14-30-52)61(59-37-21-19-35-57(59)58-36-20-22-38-60(58)61)50-40-48(46-25-9-2-10-26-46)42-56(44-50)63(53-31-15-5-16-32-53)54-33-17-6-18-34-54/h1-44H. The molecule has 11 rings (SSSR count). The third-order valence-corrected chi connectivity index (χ3v) is 12.4. The molecule has 0 bridgehead atoms. The molecular formula is C61H44N2. The number of rotatable bonds is 10. The fourth-order valence-electron chi connectivity index (χ4n) is 9.73. The zero-order valence-electron chi connectivity index (χ0n) is 34.8. The second kappa shape index (κ2) is 16.3. The SMILES string of the molecule is c1ccc(-c2cc(N(c3ccccc3)c3ccccc3)cc(C3(c4cc(-c5ccccc5)cc(N(c5ccccc5)c5ccccc5)c4)c4ccccc4-c4ccccc43)c2)cc1. The minimum absolute atomic E-state index is 0.732. The molecule has 298 valence electrons. The summed E-state index contributed by atoms with van der Waals surface area (Å²) in [6.07, 6.45) is 0. The Morgan fingerprint density at radius 2 is 0.508 bits per heavy atom. The van der Waals surface area contributed by atoms with E-state index in [1.54, 1.807) is 0 Å². The third-order valence-electron chi connectivity index (χ3n) is 12.4. The first-order valence-electron chi connectivity index (χ1n) is 21.7. The van der Waals surface area contributed by atoms with Gasteiger partial charge in [-0.2, -0.15) is 0 Å². The van der Waals surface area contributed by atoms with Crippen LogP contribution in [0.25, 0.3) is 33.4 Å². The zero-order valence-corrected chi connectivity index (χ0v) is 34.8. The van der Waals surface area contributed by atoms with E-state index < -0.39 is 5.41 Å². The van der Waals surface area contributed by atoms with Gasteiger partial charge in [0.2, 0.25) is 0 Å². The van der Waals surface area contributed by atoms with Gasteiger partial charge in [0.1, 0.15) is 0 Å². The Balaban J connectivity index is 1.28. The first-order chi connectivity index (χ1) is 31.3. The Morgan fingerprint density at radius 1 is 0.222 bits per heavy atom. The summed E-state index contributed by atoms with van der Waals surface area (Å²) in [5.41, 5.74) is 17.8. The molecule has 1 aliphatic rings. The van der Waals surface area contributed by atoms with E-state index in [-0.39, 0.29) is 0 Å². The lowest BCUT2D eigenvalue weighted by Gasteiger charge is -2.37. The molecule has 0 unspecified atom stereocenters. The first kappa shape index (κ1) is 37.8. The van der Waals surface area contributed by atoms with Gasteiger partial charge in [0.15, 0.2) is 0 Å². The van der Waals surface area contributed by atoms with Crippen molar-refractivity contribution < 1.29 is 0 Å². The Bertz CT molecular complexity index is 2850. The first-order valence-corrected chi connectivity index (χ1v) is 21.7. The molecule has 0 saturated carbocycles. The van der Waals surface area contributed by atoms with E-state index >= 15 is 0 Å². The van der Waals surface area contributed by atoms with Gasteiger partial charge in [0.25, 0.3) is 0 Å². The molecule has 2 nitrogen and oxygen atoms in total.